The maximum Gasteiger partial charge on any atom is 0.223 e. The Morgan fingerprint density at radius 3 is 2.96 bits per heavy atom. The summed E-state index contributed by atoms with van der Waals surface area (Å²) in [5.74, 6) is 1.03. The average molecular weight is 335 g/mol. The van der Waals surface area contributed by atoms with Gasteiger partial charge in [0.25, 0.3) is 0 Å². The van der Waals surface area contributed by atoms with Gasteiger partial charge in [0.05, 0.1) is 18.8 Å². The molecule has 1 fully saturated rings. The largest absolute Gasteiger partial charge is 0.497 e. The smallest absolute Gasteiger partial charge is 0.223 e. The molecule has 1 atom stereocenters. The van der Waals surface area contributed by atoms with Crippen molar-refractivity contribution >= 4 is 11.6 Å². The van der Waals surface area contributed by atoms with Crippen molar-refractivity contribution in [3.8, 4) is 5.75 Å². The summed E-state index contributed by atoms with van der Waals surface area (Å²) in [5.41, 5.74) is 3.02. The van der Waals surface area contributed by atoms with Crippen molar-refractivity contribution in [3.63, 3.8) is 0 Å². The SMILES string of the molecule is COc1cccc([C@@H]2CCN2C(=O)CCc2cn3ccccc3n2)c1. The first-order valence-corrected chi connectivity index (χ1v) is 8.60. The fourth-order valence-corrected chi connectivity index (χ4v) is 3.37. The molecule has 1 amide bonds. The van der Waals surface area contributed by atoms with E-state index in [0.29, 0.717) is 12.8 Å². The molecule has 0 spiro atoms. The summed E-state index contributed by atoms with van der Waals surface area (Å²) in [4.78, 5) is 19.1. The lowest BCUT2D eigenvalue weighted by molar-refractivity contribution is -0.139. The summed E-state index contributed by atoms with van der Waals surface area (Å²) in [6, 6.07) is 14.1. The highest BCUT2D eigenvalue weighted by Crippen LogP contribution is 2.35. The Morgan fingerprint density at radius 1 is 1.28 bits per heavy atom. The number of amides is 1. The van der Waals surface area contributed by atoms with Gasteiger partial charge in [-0.1, -0.05) is 18.2 Å². The lowest BCUT2D eigenvalue weighted by Gasteiger charge is -2.41. The van der Waals surface area contributed by atoms with Gasteiger partial charge in [0.15, 0.2) is 0 Å². The van der Waals surface area contributed by atoms with Crippen LogP contribution in [0.25, 0.3) is 5.65 Å². The fraction of sp³-hybridized carbons (Fsp3) is 0.300. The molecule has 0 N–H and O–H groups in total. The number of imidazole rings is 1. The number of pyridine rings is 1. The molecule has 2 aromatic heterocycles. The van der Waals surface area contributed by atoms with E-state index in [1.54, 1.807) is 7.11 Å². The Bertz CT molecular complexity index is 870. The molecule has 0 unspecified atom stereocenters. The number of carbonyl (C=O) groups excluding carboxylic acids is 1. The summed E-state index contributed by atoms with van der Waals surface area (Å²) >= 11 is 0. The summed E-state index contributed by atoms with van der Waals surface area (Å²) in [6.07, 6.45) is 6.14. The predicted octanol–water partition coefficient (Wildman–Crippen LogP) is 3.25. The van der Waals surface area contributed by atoms with E-state index >= 15 is 0 Å². The second kappa shape index (κ2) is 6.59. The van der Waals surface area contributed by atoms with E-state index in [1.807, 2.05) is 58.1 Å². The van der Waals surface area contributed by atoms with Gasteiger partial charge in [-0.05, 0) is 42.7 Å². The number of hydrogen-bond donors (Lipinski definition) is 0. The molecule has 25 heavy (non-hydrogen) atoms. The maximum atomic E-state index is 12.6. The summed E-state index contributed by atoms with van der Waals surface area (Å²) in [7, 11) is 1.66. The molecule has 5 heteroatoms. The molecule has 1 aliphatic heterocycles. The first-order valence-electron chi connectivity index (χ1n) is 8.60. The third kappa shape index (κ3) is 3.09. The van der Waals surface area contributed by atoms with E-state index in [1.165, 1.54) is 0 Å². The third-order valence-corrected chi connectivity index (χ3v) is 4.83. The van der Waals surface area contributed by atoms with Crippen molar-refractivity contribution in [3.05, 3.63) is 66.1 Å². The van der Waals surface area contributed by atoms with Crippen LogP contribution in [0.1, 0.15) is 30.1 Å². The lowest BCUT2D eigenvalue weighted by atomic mass is 9.94. The molecule has 1 saturated heterocycles. The van der Waals surface area contributed by atoms with E-state index in [-0.39, 0.29) is 11.9 Å². The van der Waals surface area contributed by atoms with Crippen LogP contribution in [0, 0.1) is 0 Å². The molecule has 3 heterocycles. The zero-order valence-corrected chi connectivity index (χ0v) is 14.3. The molecule has 0 saturated carbocycles. The Balaban J connectivity index is 1.40. The van der Waals surface area contributed by atoms with Crippen LogP contribution >= 0.6 is 0 Å². The molecule has 128 valence electrons. The number of benzene rings is 1. The standard InChI is InChI=1S/C20H21N3O2/c1-25-17-6-4-5-15(13-17)18-10-12-23(18)20(24)9-8-16-14-22-11-3-2-7-19(22)21-16/h2-7,11,13-14,18H,8-10,12H2,1H3/t18-/m0/s1. The van der Waals surface area contributed by atoms with Gasteiger partial charge >= 0.3 is 0 Å². The molecule has 0 radical (unpaired) electrons. The number of fused-ring (bicyclic) bond motifs is 1. The topological polar surface area (TPSA) is 46.8 Å². The quantitative estimate of drug-likeness (QED) is 0.719. The maximum absolute atomic E-state index is 12.6. The summed E-state index contributed by atoms with van der Waals surface area (Å²) in [5, 5.41) is 0. The zero-order chi connectivity index (χ0) is 17.2. The first-order chi connectivity index (χ1) is 12.2. The minimum Gasteiger partial charge on any atom is -0.497 e. The lowest BCUT2D eigenvalue weighted by Crippen LogP contribution is -2.45. The Labute approximate surface area is 146 Å². The van der Waals surface area contributed by atoms with Crippen LogP contribution in [0.3, 0.4) is 0 Å². The van der Waals surface area contributed by atoms with Gasteiger partial charge in [0.2, 0.25) is 5.91 Å². The highest BCUT2D eigenvalue weighted by atomic mass is 16.5. The number of rotatable bonds is 5. The van der Waals surface area contributed by atoms with Crippen LogP contribution in [0.15, 0.2) is 54.9 Å². The number of methoxy groups -OCH3 is 1. The normalized spacial score (nSPS) is 16.7. The van der Waals surface area contributed by atoms with Crippen molar-refractivity contribution in [2.75, 3.05) is 13.7 Å². The van der Waals surface area contributed by atoms with Crippen molar-refractivity contribution in [1.29, 1.82) is 0 Å². The van der Waals surface area contributed by atoms with Gasteiger partial charge in [0.1, 0.15) is 11.4 Å². The Morgan fingerprint density at radius 2 is 2.20 bits per heavy atom. The van der Waals surface area contributed by atoms with Gasteiger partial charge < -0.3 is 14.0 Å². The molecule has 5 nitrogen and oxygen atoms in total. The van der Waals surface area contributed by atoms with Crippen molar-refractivity contribution in [2.45, 2.75) is 25.3 Å². The fourth-order valence-electron chi connectivity index (χ4n) is 3.37. The summed E-state index contributed by atoms with van der Waals surface area (Å²) in [6.45, 7) is 0.825. The highest BCUT2D eigenvalue weighted by Gasteiger charge is 2.33. The second-order valence-electron chi connectivity index (χ2n) is 6.37. The number of aromatic nitrogens is 2. The first kappa shape index (κ1) is 15.7. The van der Waals surface area contributed by atoms with E-state index in [0.717, 1.165) is 35.6 Å². The van der Waals surface area contributed by atoms with Crippen molar-refractivity contribution in [2.24, 2.45) is 0 Å². The van der Waals surface area contributed by atoms with E-state index in [9.17, 15) is 4.79 Å². The molecule has 1 aromatic carbocycles. The third-order valence-electron chi connectivity index (χ3n) is 4.83. The number of ether oxygens (including phenoxy) is 1. The van der Waals surface area contributed by atoms with Gasteiger partial charge in [0, 0.05) is 25.4 Å². The number of hydrogen-bond acceptors (Lipinski definition) is 3. The minimum absolute atomic E-state index is 0.170. The van der Waals surface area contributed by atoms with Gasteiger partial charge in [-0.15, -0.1) is 0 Å². The molecule has 4 rings (SSSR count). The molecule has 1 aliphatic rings. The van der Waals surface area contributed by atoms with Crippen LogP contribution in [-0.4, -0.2) is 33.8 Å². The number of carbonyl (C=O) groups is 1. The monoisotopic (exact) mass is 335 g/mol. The van der Waals surface area contributed by atoms with E-state index in [2.05, 4.69) is 11.1 Å². The number of nitrogens with zero attached hydrogens (tertiary/aromatic N) is 3. The summed E-state index contributed by atoms with van der Waals surface area (Å²) < 4.78 is 7.28. The molecular formula is C20H21N3O2. The Hall–Kier alpha value is -2.82. The molecule has 0 bridgehead atoms. The second-order valence-corrected chi connectivity index (χ2v) is 6.37. The Kier molecular flexibility index (Phi) is 4.14. The van der Waals surface area contributed by atoms with Crippen LogP contribution in [0.4, 0.5) is 0 Å². The molecule has 3 aromatic rings. The number of aryl methyl sites for hydroxylation is 1. The van der Waals surface area contributed by atoms with Gasteiger partial charge in [-0.25, -0.2) is 4.98 Å². The van der Waals surface area contributed by atoms with Crippen molar-refractivity contribution in [1.82, 2.24) is 14.3 Å². The van der Waals surface area contributed by atoms with Crippen LogP contribution < -0.4 is 4.74 Å². The van der Waals surface area contributed by atoms with Gasteiger partial charge in [-0.3, -0.25) is 4.79 Å². The molecule has 0 aliphatic carbocycles. The van der Waals surface area contributed by atoms with Crippen LogP contribution in [-0.2, 0) is 11.2 Å². The minimum atomic E-state index is 0.170. The number of likely N-dealkylation sites (tertiary alicyclic amines) is 1. The average Bonchev–Trinajstić information content (AvgIpc) is 3.02. The van der Waals surface area contributed by atoms with E-state index < -0.39 is 0 Å². The van der Waals surface area contributed by atoms with E-state index in [4.69, 9.17) is 4.74 Å². The predicted molar refractivity (Wildman–Crippen MR) is 95.6 cm³/mol. The van der Waals surface area contributed by atoms with Crippen LogP contribution in [0.5, 0.6) is 5.75 Å². The van der Waals surface area contributed by atoms with Crippen LogP contribution in [0.2, 0.25) is 0 Å². The van der Waals surface area contributed by atoms with Crippen molar-refractivity contribution < 1.29 is 9.53 Å². The molecular weight excluding hydrogens is 314 g/mol. The van der Waals surface area contributed by atoms with Gasteiger partial charge in [-0.2, -0.15) is 0 Å². The zero-order valence-electron chi connectivity index (χ0n) is 14.3. The highest BCUT2D eigenvalue weighted by molar-refractivity contribution is 5.78.